The van der Waals surface area contributed by atoms with E-state index in [0.717, 1.165) is 62.3 Å². The molecule has 1 amide bonds. The smallest absolute Gasteiger partial charge is 0.220 e. The van der Waals surface area contributed by atoms with Crippen LogP contribution < -0.4 is 10.2 Å². The highest BCUT2D eigenvalue weighted by Crippen LogP contribution is 2.22. The lowest BCUT2D eigenvalue weighted by atomic mass is 10.1. The molecule has 2 aliphatic heterocycles. The summed E-state index contributed by atoms with van der Waals surface area (Å²) in [6, 6.07) is 12.4. The molecule has 2 fully saturated rings. The van der Waals surface area contributed by atoms with Crippen molar-refractivity contribution in [3.63, 3.8) is 0 Å². The molecule has 134 valence electrons. The molecule has 26 heavy (non-hydrogen) atoms. The van der Waals surface area contributed by atoms with Gasteiger partial charge in [0.1, 0.15) is 5.82 Å². The van der Waals surface area contributed by atoms with Gasteiger partial charge >= 0.3 is 0 Å². The molecule has 0 radical (unpaired) electrons. The summed E-state index contributed by atoms with van der Waals surface area (Å²) in [4.78, 5) is 21.2. The van der Waals surface area contributed by atoms with Gasteiger partial charge in [0, 0.05) is 50.6 Å². The van der Waals surface area contributed by atoms with Gasteiger partial charge in [-0.2, -0.15) is 5.26 Å². The van der Waals surface area contributed by atoms with Crippen LogP contribution in [0.3, 0.4) is 0 Å². The van der Waals surface area contributed by atoms with Gasteiger partial charge in [-0.15, -0.1) is 0 Å². The van der Waals surface area contributed by atoms with E-state index in [4.69, 9.17) is 10.2 Å². The Labute approximate surface area is 153 Å². The average Bonchev–Trinajstić information content (AvgIpc) is 2.92. The Kier molecular flexibility index (Phi) is 4.72. The van der Waals surface area contributed by atoms with Gasteiger partial charge in [0.05, 0.1) is 17.1 Å². The number of fused-ring (bicyclic) bond motifs is 1. The van der Waals surface area contributed by atoms with E-state index in [1.54, 1.807) is 0 Å². The molecule has 0 saturated carbocycles. The van der Waals surface area contributed by atoms with Crippen molar-refractivity contribution in [1.82, 2.24) is 15.2 Å². The van der Waals surface area contributed by atoms with Crippen LogP contribution in [0, 0.1) is 11.3 Å². The second-order valence-electron chi connectivity index (χ2n) is 7.04. The first-order valence-corrected chi connectivity index (χ1v) is 9.29. The second-order valence-corrected chi connectivity index (χ2v) is 7.04. The molecule has 2 aromatic rings. The number of anilines is 1. The molecule has 2 aliphatic rings. The van der Waals surface area contributed by atoms with Crippen LogP contribution in [-0.2, 0) is 4.79 Å². The number of piperazine rings is 1. The number of nitriles is 1. The quantitative estimate of drug-likeness (QED) is 0.896. The lowest BCUT2D eigenvalue weighted by Crippen LogP contribution is -2.50. The molecule has 0 unspecified atom stereocenters. The van der Waals surface area contributed by atoms with Gasteiger partial charge in [0.25, 0.3) is 0 Å². The van der Waals surface area contributed by atoms with Crippen molar-refractivity contribution < 1.29 is 4.79 Å². The van der Waals surface area contributed by atoms with Crippen molar-refractivity contribution in [2.24, 2.45) is 0 Å². The highest BCUT2D eigenvalue weighted by atomic mass is 16.1. The van der Waals surface area contributed by atoms with Crippen LogP contribution in [0.15, 0.2) is 30.3 Å². The fourth-order valence-electron chi connectivity index (χ4n) is 3.95. The lowest BCUT2D eigenvalue weighted by Gasteiger charge is -2.39. The van der Waals surface area contributed by atoms with Crippen LogP contribution in [0.1, 0.15) is 24.8 Å². The summed E-state index contributed by atoms with van der Waals surface area (Å²) in [7, 11) is 0. The number of nitrogens with zero attached hydrogens (tertiary/aromatic N) is 4. The normalized spacial score (nSPS) is 21.9. The molecular formula is C20H23N5O. The molecule has 1 aromatic heterocycles. The molecule has 0 aliphatic carbocycles. The fraction of sp³-hybridized carbons (Fsp3) is 0.450. The average molecular weight is 349 g/mol. The summed E-state index contributed by atoms with van der Waals surface area (Å²) >= 11 is 0. The van der Waals surface area contributed by atoms with E-state index in [-0.39, 0.29) is 5.91 Å². The number of carbonyl (C=O) groups is 1. The number of rotatable bonds is 2. The SMILES string of the molecule is N#Cc1ccc2nc(N3CCN([C@@H]4CCNC(=O)CC4)CC3)ccc2c1. The van der Waals surface area contributed by atoms with Crippen LogP contribution in [-0.4, -0.2) is 54.6 Å². The number of aromatic nitrogens is 1. The fourth-order valence-corrected chi connectivity index (χ4v) is 3.95. The maximum absolute atomic E-state index is 11.5. The van der Waals surface area contributed by atoms with Crippen LogP contribution in [0.2, 0.25) is 0 Å². The largest absolute Gasteiger partial charge is 0.356 e. The van der Waals surface area contributed by atoms with Crippen LogP contribution in [0.5, 0.6) is 0 Å². The van der Waals surface area contributed by atoms with Gasteiger partial charge in [0.2, 0.25) is 5.91 Å². The zero-order valence-corrected chi connectivity index (χ0v) is 14.8. The van der Waals surface area contributed by atoms with Gasteiger partial charge in [-0.25, -0.2) is 4.98 Å². The number of benzene rings is 1. The molecule has 6 heteroatoms. The molecule has 0 spiro atoms. The first-order chi connectivity index (χ1) is 12.7. The highest BCUT2D eigenvalue weighted by molar-refractivity contribution is 5.81. The third-order valence-corrected chi connectivity index (χ3v) is 5.46. The van der Waals surface area contributed by atoms with Crippen molar-refractivity contribution in [2.45, 2.75) is 25.3 Å². The van der Waals surface area contributed by atoms with Crippen molar-refractivity contribution >= 4 is 22.6 Å². The molecule has 1 atom stereocenters. The molecule has 4 rings (SSSR count). The predicted octanol–water partition coefficient (Wildman–Crippen LogP) is 1.90. The van der Waals surface area contributed by atoms with Crippen LogP contribution in [0.4, 0.5) is 5.82 Å². The highest BCUT2D eigenvalue weighted by Gasteiger charge is 2.26. The van der Waals surface area contributed by atoms with E-state index in [1.165, 1.54) is 0 Å². The van der Waals surface area contributed by atoms with Crippen molar-refractivity contribution in [1.29, 1.82) is 5.26 Å². The zero-order chi connectivity index (χ0) is 17.9. The molecule has 1 N–H and O–H groups in total. The van der Waals surface area contributed by atoms with Gasteiger partial charge in [-0.05, 0) is 43.2 Å². The maximum atomic E-state index is 11.5. The number of hydrogen-bond acceptors (Lipinski definition) is 5. The first kappa shape index (κ1) is 16.8. The Bertz CT molecular complexity index is 851. The first-order valence-electron chi connectivity index (χ1n) is 9.29. The number of pyridine rings is 1. The third-order valence-electron chi connectivity index (χ3n) is 5.46. The molecule has 0 bridgehead atoms. The summed E-state index contributed by atoms with van der Waals surface area (Å²) in [6.07, 6.45) is 2.64. The van der Waals surface area contributed by atoms with Crippen LogP contribution >= 0.6 is 0 Å². The minimum Gasteiger partial charge on any atom is -0.356 e. The summed E-state index contributed by atoms with van der Waals surface area (Å²) < 4.78 is 0. The topological polar surface area (TPSA) is 72.3 Å². The summed E-state index contributed by atoms with van der Waals surface area (Å²) in [5, 5.41) is 13.0. The Balaban J connectivity index is 1.42. The number of amides is 1. The van der Waals surface area contributed by atoms with Crippen LogP contribution in [0.25, 0.3) is 10.9 Å². The van der Waals surface area contributed by atoms with E-state index < -0.39 is 0 Å². The monoisotopic (exact) mass is 349 g/mol. The summed E-state index contributed by atoms with van der Waals surface area (Å²) in [5.74, 6) is 1.19. The molecule has 2 saturated heterocycles. The van der Waals surface area contributed by atoms with E-state index in [2.05, 4.69) is 21.2 Å². The standard InChI is InChI=1S/C20H23N5O/c21-14-15-1-4-18-16(13-15)2-5-19(23-18)25-11-9-24(10-12-25)17-3-6-20(26)22-8-7-17/h1-2,4-5,13,17H,3,6-12H2,(H,22,26)/t17-/m0/s1. The van der Waals surface area contributed by atoms with Crippen molar-refractivity contribution in [3.8, 4) is 6.07 Å². The minimum atomic E-state index is 0.186. The van der Waals surface area contributed by atoms with Gasteiger partial charge in [0.15, 0.2) is 0 Å². The Morgan fingerprint density at radius 3 is 2.77 bits per heavy atom. The molecule has 6 nitrogen and oxygen atoms in total. The van der Waals surface area contributed by atoms with Crippen molar-refractivity contribution in [2.75, 3.05) is 37.6 Å². The summed E-state index contributed by atoms with van der Waals surface area (Å²) in [6.45, 7) is 4.71. The molecule has 1 aromatic carbocycles. The molecular weight excluding hydrogens is 326 g/mol. The van der Waals surface area contributed by atoms with E-state index >= 15 is 0 Å². The van der Waals surface area contributed by atoms with E-state index in [0.29, 0.717) is 18.0 Å². The second kappa shape index (κ2) is 7.30. The van der Waals surface area contributed by atoms with Gasteiger partial charge in [-0.3, -0.25) is 9.69 Å². The maximum Gasteiger partial charge on any atom is 0.220 e. The Morgan fingerprint density at radius 2 is 1.96 bits per heavy atom. The van der Waals surface area contributed by atoms with Gasteiger partial charge in [-0.1, -0.05) is 0 Å². The Morgan fingerprint density at radius 1 is 1.12 bits per heavy atom. The summed E-state index contributed by atoms with van der Waals surface area (Å²) in [5.41, 5.74) is 1.59. The lowest BCUT2D eigenvalue weighted by molar-refractivity contribution is -0.120. The third kappa shape index (κ3) is 3.49. The predicted molar refractivity (Wildman–Crippen MR) is 101 cm³/mol. The number of nitrogens with one attached hydrogen (secondary N) is 1. The zero-order valence-electron chi connectivity index (χ0n) is 14.8. The minimum absolute atomic E-state index is 0.186. The number of carbonyl (C=O) groups excluding carboxylic acids is 1. The molecule has 3 heterocycles. The van der Waals surface area contributed by atoms with E-state index in [1.807, 2.05) is 30.3 Å². The Hall–Kier alpha value is -2.65. The van der Waals surface area contributed by atoms with E-state index in [9.17, 15) is 4.79 Å². The number of hydrogen-bond donors (Lipinski definition) is 1. The van der Waals surface area contributed by atoms with Crippen molar-refractivity contribution in [3.05, 3.63) is 35.9 Å². The van der Waals surface area contributed by atoms with Gasteiger partial charge < -0.3 is 10.2 Å².